The molecule has 1 unspecified atom stereocenters. The summed E-state index contributed by atoms with van der Waals surface area (Å²) in [6.07, 6.45) is 4.84. The van der Waals surface area contributed by atoms with Crippen LogP contribution < -0.4 is 15.2 Å². The molecule has 0 spiro atoms. The molecule has 0 aromatic heterocycles. The van der Waals surface area contributed by atoms with Crippen LogP contribution in [0.4, 0.5) is 0 Å². The van der Waals surface area contributed by atoms with E-state index in [2.05, 4.69) is 0 Å². The highest BCUT2D eigenvalue weighted by atomic mass is 16.5. The van der Waals surface area contributed by atoms with E-state index in [-0.39, 0.29) is 6.04 Å². The lowest BCUT2D eigenvalue weighted by molar-refractivity contribution is 0.351. The minimum absolute atomic E-state index is 0.0681. The Kier molecular flexibility index (Phi) is 2.64. The highest BCUT2D eigenvalue weighted by molar-refractivity contribution is 5.65. The van der Waals surface area contributed by atoms with Crippen LogP contribution in [0, 0.1) is 0 Å². The third-order valence-electron chi connectivity index (χ3n) is 2.65. The fraction of sp³-hybridized carbons (Fsp3) is 0.333. The molecule has 0 bridgehead atoms. The van der Waals surface area contributed by atoms with Crippen molar-refractivity contribution < 1.29 is 9.47 Å². The minimum Gasteiger partial charge on any atom is -0.493 e. The lowest BCUT2D eigenvalue weighted by Gasteiger charge is -2.20. The highest BCUT2D eigenvalue weighted by Gasteiger charge is 2.18. The van der Waals surface area contributed by atoms with Crippen molar-refractivity contribution in [2.45, 2.75) is 12.5 Å². The van der Waals surface area contributed by atoms with E-state index >= 15 is 0 Å². The van der Waals surface area contributed by atoms with Crippen molar-refractivity contribution in [2.24, 2.45) is 5.73 Å². The summed E-state index contributed by atoms with van der Waals surface area (Å²) in [5.41, 5.74) is 8.17. The molecule has 15 heavy (non-hydrogen) atoms. The summed E-state index contributed by atoms with van der Waals surface area (Å²) in [6, 6.07) is 4.01. The van der Waals surface area contributed by atoms with Crippen LogP contribution in [0.3, 0.4) is 0 Å². The van der Waals surface area contributed by atoms with E-state index in [4.69, 9.17) is 15.2 Å². The van der Waals surface area contributed by atoms with Gasteiger partial charge in [-0.1, -0.05) is 18.2 Å². The van der Waals surface area contributed by atoms with Crippen LogP contribution in [0.5, 0.6) is 11.5 Å². The molecule has 1 aromatic rings. The van der Waals surface area contributed by atoms with Crippen LogP contribution in [-0.4, -0.2) is 20.3 Å². The lowest BCUT2D eigenvalue weighted by atomic mass is 9.93. The third kappa shape index (κ3) is 1.70. The quantitative estimate of drug-likeness (QED) is 0.797. The topological polar surface area (TPSA) is 44.5 Å². The molecule has 2 N–H and O–H groups in total. The summed E-state index contributed by atoms with van der Waals surface area (Å²) >= 11 is 0. The maximum atomic E-state index is 5.88. The van der Waals surface area contributed by atoms with Crippen molar-refractivity contribution in [3.63, 3.8) is 0 Å². The first kappa shape index (κ1) is 10.1. The van der Waals surface area contributed by atoms with E-state index in [9.17, 15) is 0 Å². The van der Waals surface area contributed by atoms with Gasteiger partial charge in [-0.15, -0.1) is 0 Å². The van der Waals surface area contributed by atoms with Gasteiger partial charge in [-0.3, -0.25) is 0 Å². The summed E-state index contributed by atoms with van der Waals surface area (Å²) in [5.74, 6) is 1.56. The Morgan fingerprint density at radius 2 is 2.07 bits per heavy atom. The number of rotatable bonds is 2. The summed E-state index contributed by atoms with van der Waals surface area (Å²) in [6.45, 7) is 0. The van der Waals surface area contributed by atoms with Crippen molar-refractivity contribution in [1.29, 1.82) is 0 Å². The molecule has 1 aliphatic carbocycles. The molecule has 0 fully saturated rings. The van der Waals surface area contributed by atoms with E-state index < -0.39 is 0 Å². The van der Waals surface area contributed by atoms with Crippen LogP contribution in [-0.2, 0) is 6.42 Å². The van der Waals surface area contributed by atoms with Gasteiger partial charge >= 0.3 is 0 Å². The smallest absolute Gasteiger partial charge is 0.164 e. The van der Waals surface area contributed by atoms with Crippen LogP contribution in [0.15, 0.2) is 18.2 Å². The first-order valence-electron chi connectivity index (χ1n) is 4.94. The Labute approximate surface area is 89.5 Å². The number of hydrogen-bond donors (Lipinski definition) is 1. The Morgan fingerprint density at radius 3 is 2.73 bits per heavy atom. The van der Waals surface area contributed by atoms with Gasteiger partial charge in [0, 0.05) is 11.6 Å². The molecule has 3 nitrogen and oxygen atoms in total. The molecule has 1 aliphatic rings. The van der Waals surface area contributed by atoms with Crippen molar-refractivity contribution >= 4 is 6.08 Å². The molecule has 1 aromatic carbocycles. The molecular formula is C12H15NO2. The number of fused-ring (bicyclic) bond motifs is 1. The SMILES string of the molecule is COc1ccc2c(c1OC)CC(N)C=C2. The molecule has 0 amide bonds. The van der Waals surface area contributed by atoms with Gasteiger partial charge in [0.05, 0.1) is 14.2 Å². The van der Waals surface area contributed by atoms with Crippen molar-refractivity contribution in [1.82, 2.24) is 0 Å². The molecule has 0 saturated carbocycles. The van der Waals surface area contributed by atoms with E-state index in [1.807, 2.05) is 24.3 Å². The van der Waals surface area contributed by atoms with E-state index in [1.54, 1.807) is 14.2 Å². The summed E-state index contributed by atoms with van der Waals surface area (Å²) in [5, 5.41) is 0. The van der Waals surface area contributed by atoms with Crippen molar-refractivity contribution in [3.05, 3.63) is 29.3 Å². The zero-order valence-electron chi connectivity index (χ0n) is 8.99. The molecule has 1 atom stereocenters. The Morgan fingerprint density at radius 1 is 1.27 bits per heavy atom. The summed E-state index contributed by atoms with van der Waals surface area (Å²) < 4.78 is 10.6. The van der Waals surface area contributed by atoms with Crippen LogP contribution in [0.25, 0.3) is 6.08 Å². The molecule has 0 aliphatic heterocycles. The molecule has 0 radical (unpaired) electrons. The predicted octanol–water partition coefficient (Wildman–Crippen LogP) is 1.60. The van der Waals surface area contributed by atoms with Crippen molar-refractivity contribution in [2.75, 3.05) is 14.2 Å². The molecule has 0 saturated heterocycles. The number of methoxy groups -OCH3 is 2. The Bertz CT molecular complexity index is 399. The first-order chi connectivity index (χ1) is 7.26. The monoisotopic (exact) mass is 205 g/mol. The maximum Gasteiger partial charge on any atom is 0.164 e. The number of ether oxygens (including phenoxy) is 2. The van der Waals surface area contributed by atoms with E-state index in [0.717, 1.165) is 29.0 Å². The van der Waals surface area contributed by atoms with Gasteiger partial charge in [-0.05, 0) is 18.1 Å². The second kappa shape index (κ2) is 3.95. The Hall–Kier alpha value is -1.48. The van der Waals surface area contributed by atoms with Crippen molar-refractivity contribution in [3.8, 4) is 11.5 Å². The molecule has 80 valence electrons. The summed E-state index contributed by atoms with van der Waals surface area (Å²) in [7, 11) is 3.30. The molecular weight excluding hydrogens is 190 g/mol. The average molecular weight is 205 g/mol. The van der Waals surface area contributed by atoms with Gasteiger partial charge in [0.1, 0.15) is 0 Å². The van der Waals surface area contributed by atoms with Gasteiger partial charge in [0.2, 0.25) is 0 Å². The second-order valence-corrected chi connectivity index (χ2v) is 3.60. The van der Waals surface area contributed by atoms with E-state index in [1.165, 1.54) is 0 Å². The average Bonchev–Trinajstić information content (AvgIpc) is 2.27. The van der Waals surface area contributed by atoms with Gasteiger partial charge in [-0.2, -0.15) is 0 Å². The number of nitrogens with two attached hydrogens (primary N) is 1. The van der Waals surface area contributed by atoms with Gasteiger partial charge < -0.3 is 15.2 Å². The standard InChI is InChI=1S/C12H15NO2/c1-14-11-6-4-8-3-5-9(13)7-10(8)12(11)15-2/h3-6,9H,7,13H2,1-2H3. The van der Waals surface area contributed by atoms with Crippen LogP contribution in [0.2, 0.25) is 0 Å². The second-order valence-electron chi connectivity index (χ2n) is 3.60. The largest absolute Gasteiger partial charge is 0.493 e. The van der Waals surface area contributed by atoms with E-state index in [0.29, 0.717) is 0 Å². The molecule has 0 heterocycles. The zero-order valence-corrected chi connectivity index (χ0v) is 8.99. The minimum atomic E-state index is 0.0681. The number of benzene rings is 1. The fourth-order valence-electron chi connectivity index (χ4n) is 1.90. The van der Waals surface area contributed by atoms with Gasteiger partial charge in [0.25, 0.3) is 0 Å². The maximum absolute atomic E-state index is 5.88. The van der Waals surface area contributed by atoms with Gasteiger partial charge in [-0.25, -0.2) is 0 Å². The normalized spacial score (nSPS) is 18.5. The summed E-state index contributed by atoms with van der Waals surface area (Å²) in [4.78, 5) is 0. The predicted molar refractivity (Wildman–Crippen MR) is 60.3 cm³/mol. The Balaban J connectivity index is 2.54. The van der Waals surface area contributed by atoms with Gasteiger partial charge in [0.15, 0.2) is 11.5 Å². The number of hydrogen-bond acceptors (Lipinski definition) is 3. The molecule has 2 rings (SSSR count). The lowest BCUT2D eigenvalue weighted by Crippen LogP contribution is -2.23. The third-order valence-corrected chi connectivity index (χ3v) is 2.65. The van der Waals surface area contributed by atoms with Crippen LogP contribution >= 0.6 is 0 Å². The zero-order chi connectivity index (χ0) is 10.8. The first-order valence-corrected chi connectivity index (χ1v) is 4.94. The fourth-order valence-corrected chi connectivity index (χ4v) is 1.90. The molecule has 3 heteroatoms. The highest BCUT2D eigenvalue weighted by Crippen LogP contribution is 2.36. The van der Waals surface area contributed by atoms with Crippen LogP contribution in [0.1, 0.15) is 11.1 Å².